The van der Waals surface area contributed by atoms with Crippen LogP contribution in [0.25, 0.3) is 0 Å². The van der Waals surface area contributed by atoms with Crippen LogP contribution < -0.4 is 24.8 Å². The number of rotatable bonds is 9. The van der Waals surface area contributed by atoms with Gasteiger partial charge in [0.05, 0.1) is 31.9 Å². The molecule has 3 aromatic rings. The lowest BCUT2D eigenvalue weighted by Crippen LogP contribution is -2.15. The highest BCUT2D eigenvalue weighted by molar-refractivity contribution is 6.34. The van der Waals surface area contributed by atoms with Crippen LogP contribution in [0.2, 0.25) is 5.02 Å². The van der Waals surface area contributed by atoms with Crippen LogP contribution in [0.5, 0.6) is 17.2 Å². The van der Waals surface area contributed by atoms with Gasteiger partial charge in [0, 0.05) is 24.3 Å². The smallest absolute Gasteiger partial charge is 0.257 e. The van der Waals surface area contributed by atoms with E-state index in [1.54, 1.807) is 45.6 Å². The van der Waals surface area contributed by atoms with Crippen molar-refractivity contribution < 1.29 is 19.0 Å². The van der Waals surface area contributed by atoms with Gasteiger partial charge >= 0.3 is 0 Å². The zero-order chi connectivity index (χ0) is 22.2. The van der Waals surface area contributed by atoms with Crippen LogP contribution in [-0.2, 0) is 13.1 Å². The fourth-order valence-electron chi connectivity index (χ4n) is 3.25. The highest BCUT2D eigenvalue weighted by atomic mass is 35.5. The molecular weight excluding hydrogens is 416 g/mol. The van der Waals surface area contributed by atoms with Crippen LogP contribution in [0.4, 0.5) is 5.69 Å². The Kier molecular flexibility index (Phi) is 7.76. The van der Waals surface area contributed by atoms with Gasteiger partial charge in [-0.3, -0.25) is 4.79 Å². The molecule has 0 fully saturated rings. The number of amides is 1. The molecule has 0 atom stereocenters. The minimum atomic E-state index is -0.245. The van der Waals surface area contributed by atoms with Crippen LogP contribution in [0, 0.1) is 0 Å². The van der Waals surface area contributed by atoms with E-state index in [1.807, 2.05) is 36.4 Å². The maximum absolute atomic E-state index is 12.5. The van der Waals surface area contributed by atoms with E-state index in [-0.39, 0.29) is 5.91 Å². The SMILES string of the molecule is COc1ccc(CNCc2cccc(NC(=O)c3ccccc3Cl)c2)c(OC)c1OC. The lowest BCUT2D eigenvalue weighted by molar-refractivity contribution is 0.102. The second kappa shape index (κ2) is 10.7. The van der Waals surface area contributed by atoms with Gasteiger partial charge in [0.2, 0.25) is 5.75 Å². The maximum Gasteiger partial charge on any atom is 0.257 e. The summed E-state index contributed by atoms with van der Waals surface area (Å²) in [5, 5.41) is 6.70. The van der Waals surface area contributed by atoms with Crippen molar-refractivity contribution in [3.05, 3.63) is 82.4 Å². The first-order valence-electron chi connectivity index (χ1n) is 9.70. The molecule has 0 saturated carbocycles. The Labute approximate surface area is 187 Å². The predicted molar refractivity (Wildman–Crippen MR) is 122 cm³/mol. The van der Waals surface area contributed by atoms with Gasteiger partial charge < -0.3 is 24.8 Å². The molecule has 0 radical (unpaired) electrons. The van der Waals surface area contributed by atoms with E-state index < -0.39 is 0 Å². The number of hydrogen-bond donors (Lipinski definition) is 2. The molecule has 6 nitrogen and oxygen atoms in total. The van der Waals surface area contributed by atoms with Crippen LogP contribution in [0.1, 0.15) is 21.5 Å². The summed E-state index contributed by atoms with van der Waals surface area (Å²) in [6, 6.07) is 18.4. The molecule has 7 heteroatoms. The zero-order valence-corrected chi connectivity index (χ0v) is 18.5. The largest absolute Gasteiger partial charge is 0.493 e. The molecular formula is C24H25ClN2O4. The zero-order valence-electron chi connectivity index (χ0n) is 17.7. The number of carbonyl (C=O) groups excluding carboxylic acids is 1. The third-order valence-corrected chi connectivity index (χ3v) is 5.06. The number of carbonyl (C=O) groups is 1. The minimum Gasteiger partial charge on any atom is -0.493 e. The first-order valence-corrected chi connectivity index (χ1v) is 10.1. The quantitative estimate of drug-likeness (QED) is 0.495. The maximum atomic E-state index is 12.5. The average molecular weight is 441 g/mol. The fourth-order valence-corrected chi connectivity index (χ4v) is 3.47. The summed E-state index contributed by atoms with van der Waals surface area (Å²) in [6.07, 6.45) is 0. The van der Waals surface area contributed by atoms with Crippen molar-refractivity contribution in [3.8, 4) is 17.2 Å². The van der Waals surface area contributed by atoms with E-state index in [9.17, 15) is 4.79 Å². The van der Waals surface area contributed by atoms with E-state index in [0.29, 0.717) is 46.6 Å². The van der Waals surface area contributed by atoms with Crippen molar-refractivity contribution in [2.24, 2.45) is 0 Å². The van der Waals surface area contributed by atoms with E-state index in [0.717, 1.165) is 11.1 Å². The molecule has 31 heavy (non-hydrogen) atoms. The molecule has 3 rings (SSSR count). The summed E-state index contributed by atoms with van der Waals surface area (Å²) in [6.45, 7) is 1.17. The summed E-state index contributed by atoms with van der Waals surface area (Å²) in [4.78, 5) is 12.5. The molecule has 3 aromatic carbocycles. The van der Waals surface area contributed by atoms with Gasteiger partial charge in [0.1, 0.15) is 0 Å². The molecule has 0 aromatic heterocycles. The van der Waals surface area contributed by atoms with Crippen LogP contribution in [0.3, 0.4) is 0 Å². The first-order chi connectivity index (χ1) is 15.1. The van der Waals surface area contributed by atoms with Crippen molar-refractivity contribution >= 4 is 23.2 Å². The van der Waals surface area contributed by atoms with Crippen LogP contribution in [0.15, 0.2) is 60.7 Å². The third-order valence-electron chi connectivity index (χ3n) is 4.73. The topological polar surface area (TPSA) is 68.8 Å². The Morgan fingerprint density at radius 1 is 0.871 bits per heavy atom. The van der Waals surface area contributed by atoms with Gasteiger partial charge in [0.25, 0.3) is 5.91 Å². The Hall–Kier alpha value is -3.22. The monoisotopic (exact) mass is 440 g/mol. The van der Waals surface area contributed by atoms with Crippen molar-refractivity contribution in [1.82, 2.24) is 5.32 Å². The Morgan fingerprint density at radius 3 is 2.35 bits per heavy atom. The standard InChI is InChI=1S/C24H25ClN2O4/c1-29-21-12-11-17(22(30-2)23(21)31-3)15-26-14-16-7-6-8-18(13-16)27-24(28)19-9-4-5-10-20(19)25/h4-13,26H,14-15H2,1-3H3,(H,27,28). The lowest BCUT2D eigenvalue weighted by atomic mass is 10.1. The Balaban J connectivity index is 1.65. The average Bonchev–Trinajstić information content (AvgIpc) is 2.79. The number of halogens is 1. The molecule has 0 aliphatic rings. The molecule has 0 spiro atoms. The second-order valence-electron chi connectivity index (χ2n) is 6.73. The number of methoxy groups -OCH3 is 3. The summed E-state index contributed by atoms with van der Waals surface area (Å²) in [7, 11) is 4.78. The highest BCUT2D eigenvalue weighted by Gasteiger charge is 2.15. The Morgan fingerprint density at radius 2 is 1.65 bits per heavy atom. The Bertz CT molecular complexity index is 1060. The minimum absolute atomic E-state index is 0.245. The molecule has 0 saturated heterocycles. The number of hydrogen-bond acceptors (Lipinski definition) is 5. The van der Waals surface area contributed by atoms with Gasteiger partial charge in [0.15, 0.2) is 11.5 Å². The number of benzene rings is 3. The van der Waals surface area contributed by atoms with Crippen LogP contribution >= 0.6 is 11.6 Å². The number of nitrogens with one attached hydrogen (secondary N) is 2. The molecule has 162 valence electrons. The van der Waals surface area contributed by atoms with Gasteiger partial charge in [-0.05, 0) is 35.9 Å². The second-order valence-corrected chi connectivity index (χ2v) is 7.14. The van der Waals surface area contributed by atoms with Crippen molar-refractivity contribution in [3.63, 3.8) is 0 Å². The van der Waals surface area contributed by atoms with E-state index >= 15 is 0 Å². The van der Waals surface area contributed by atoms with E-state index in [2.05, 4.69) is 10.6 Å². The third kappa shape index (κ3) is 5.48. The lowest BCUT2D eigenvalue weighted by Gasteiger charge is -2.16. The number of anilines is 1. The molecule has 1 amide bonds. The molecule has 2 N–H and O–H groups in total. The molecule has 0 heterocycles. The molecule has 0 aliphatic heterocycles. The van der Waals surface area contributed by atoms with Crippen molar-refractivity contribution in [2.45, 2.75) is 13.1 Å². The summed E-state index contributed by atoms with van der Waals surface area (Å²) in [5.74, 6) is 1.57. The number of ether oxygens (including phenoxy) is 3. The normalized spacial score (nSPS) is 10.5. The molecule has 0 unspecified atom stereocenters. The van der Waals surface area contributed by atoms with Crippen LogP contribution in [-0.4, -0.2) is 27.2 Å². The predicted octanol–water partition coefficient (Wildman–Crippen LogP) is 4.91. The highest BCUT2D eigenvalue weighted by Crippen LogP contribution is 2.39. The van der Waals surface area contributed by atoms with Gasteiger partial charge in [-0.1, -0.05) is 41.9 Å². The van der Waals surface area contributed by atoms with Gasteiger partial charge in [-0.15, -0.1) is 0 Å². The first kappa shape index (κ1) is 22.5. The molecule has 0 bridgehead atoms. The van der Waals surface area contributed by atoms with Crippen molar-refractivity contribution in [2.75, 3.05) is 26.6 Å². The summed E-state index contributed by atoms with van der Waals surface area (Å²) >= 11 is 6.11. The summed E-state index contributed by atoms with van der Waals surface area (Å²) < 4.78 is 16.3. The van der Waals surface area contributed by atoms with E-state index in [4.69, 9.17) is 25.8 Å². The molecule has 0 aliphatic carbocycles. The van der Waals surface area contributed by atoms with E-state index in [1.165, 1.54) is 0 Å². The summed E-state index contributed by atoms with van der Waals surface area (Å²) in [5.41, 5.74) is 3.11. The fraction of sp³-hybridized carbons (Fsp3) is 0.208. The van der Waals surface area contributed by atoms with Gasteiger partial charge in [-0.25, -0.2) is 0 Å². The van der Waals surface area contributed by atoms with Gasteiger partial charge in [-0.2, -0.15) is 0 Å². The van der Waals surface area contributed by atoms with Crippen molar-refractivity contribution in [1.29, 1.82) is 0 Å².